The first-order valence-corrected chi connectivity index (χ1v) is 10.9. The van der Waals surface area contributed by atoms with Crippen molar-refractivity contribution >= 4 is 33.2 Å². The van der Waals surface area contributed by atoms with Crippen LogP contribution in [0.5, 0.6) is 0 Å². The van der Waals surface area contributed by atoms with Gasteiger partial charge in [0.2, 0.25) is 5.91 Å². The summed E-state index contributed by atoms with van der Waals surface area (Å²) in [5, 5.41) is 3.25. The molecule has 1 saturated carbocycles. The Labute approximate surface area is 165 Å². The highest BCUT2D eigenvalue weighted by Crippen LogP contribution is 2.30. The molecule has 0 unspecified atom stereocenters. The van der Waals surface area contributed by atoms with Crippen LogP contribution in [0.1, 0.15) is 32.1 Å². The molecule has 1 aliphatic rings. The number of nitrogens with zero attached hydrogens (tertiary/aromatic N) is 1. The molecule has 3 rings (SSSR count). The second-order valence-corrected chi connectivity index (χ2v) is 8.95. The van der Waals surface area contributed by atoms with Gasteiger partial charge in [-0.25, -0.2) is 8.42 Å². The van der Waals surface area contributed by atoms with Crippen molar-refractivity contribution in [2.45, 2.75) is 43.0 Å². The van der Waals surface area contributed by atoms with Crippen molar-refractivity contribution in [2.75, 3.05) is 10.8 Å². The van der Waals surface area contributed by atoms with E-state index in [1.54, 1.807) is 42.5 Å². The Morgan fingerprint density at radius 2 is 1.63 bits per heavy atom. The molecule has 2 aromatic rings. The number of sulfonamides is 1. The quantitative estimate of drug-likeness (QED) is 0.788. The average molecular weight is 407 g/mol. The molecule has 0 bridgehead atoms. The molecule has 27 heavy (non-hydrogen) atoms. The zero-order valence-corrected chi connectivity index (χ0v) is 16.5. The van der Waals surface area contributed by atoms with Crippen molar-refractivity contribution in [3.05, 3.63) is 59.6 Å². The van der Waals surface area contributed by atoms with E-state index in [1.165, 1.54) is 18.6 Å². The van der Waals surface area contributed by atoms with Gasteiger partial charge < -0.3 is 5.32 Å². The minimum absolute atomic E-state index is 0.110. The van der Waals surface area contributed by atoms with Crippen molar-refractivity contribution < 1.29 is 13.2 Å². The predicted molar refractivity (Wildman–Crippen MR) is 107 cm³/mol. The molecule has 0 radical (unpaired) electrons. The Balaban J connectivity index is 1.89. The molecular formula is C20H23ClN2O3S. The number of benzene rings is 2. The largest absolute Gasteiger partial charge is 0.352 e. The zero-order chi connectivity index (χ0) is 19.3. The van der Waals surface area contributed by atoms with E-state index in [9.17, 15) is 13.2 Å². The van der Waals surface area contributed by atoms with Crippen molar-refractivity contribution in [1.29, 1.82) is 0 Å². The maximum Gasteiger partial charge on any atom is 0.264 e. The number of halogens is 1. The predicted octanol–water partition coefficient (Wildman–Crippen LogP) is 3.98. The van der Waals surface area contributed by atoms with Crippen LogP contribution in [-0.4, -0.2) is 26.9 Å². The molecule has 2 aromatic carbocycles. The Morgan fingerprint density at radius 3 is 2.30 bits per heavy atom. The van der Waals surface area contributed by atoms with Gasteiger partial charge in [0.1, 0.15) is 6.54 Å². The van der Waals surface area contributed by atoms with E-state index >= 15 is 0 Å². The third kappa shape index (κ3) is 4.82. The summed E-state index contributed by atoms with van der Waals surface area (Å²) in [5.74, 6) is -0.318. The van der Waals surface area contributed by atoms with Gasteiger partial charge in [-0.1, -0.05) is 61.2 Å². The van der Waals surface area contributed by atoms with E-state index in [0.717, 1.165) is 30.0 Å². The van der Waals surface area contributed by atoms with Gasteiger partial charge in [-0.15, -0.1) is 0 Å². The Bertz CT molecular complexity index is 881. The van der Waals surface area contributed by atoms with E-state index < -0.39 is 10.0 Å². The summed E-state index contributed by atoms with van der Waals surface area (Å²) in [6.07, 6.45) is 5.22. The van der Waals surface area contributed by atoms with Crippen molar-refractivity contribution in [1.82, 2.24) is 5.32 Å². The van der Waals surface area contributed by atoms with E-state index in [2.05, 4.69) is 5.32 Å². The first-order valence-electron chi connectivity index (χ1n) is 9.10. The number of rotatable bonds is 6. The van der Waals surface area contributed by atoms with E-state index in [1.807, 2.05) is 0 Å². The first kappa shape index (κ1) is 19.7. The molecule has 1 N–H and O–H groups in total. The monoisotopic (exact) mass is 406 g/mol. The summed E-state index contributed by atoms with van der Waals surface area (Å²) in [6.45, 7) is -0.308. The van der Waals surface area contributed by atoms with Crippen LogP contribution in [-0.2, 0) is 14.8 Å². The smallest absolute Gasteiger partial charge is 0.264 e. The molecule has 1 aliphatic carbocycles. The number of para-hydroxylation sites is 1. The fraction of sp³-hybridized carbons (Fsp3) is 0.350. The number of carbonyl (C=O) groups excluding carboxylic acids is 1. The highest BCUT2D eigenvalue weighted by Gasteiger charge is 2.29. The van der Waals surface area contributed by atoms with Gasteiger partial charge in [-0.05, 0) is 37.1 Å². The molecule has 1 fully saturated rings. The molecule has 0 atom stereocenters. The Kier molecular flexibility index (Phi) is 6.39. The lowest BCUT2D eigenvalue weighted by atomic mass is 9.95. The molecule has 0 aromatic heterocycles. The molecule has 0 aliphatic heterocycles. The second-order valence-electron chi connectivity index (χ2n) is 6.68. The van der Waals surface area contributed by atoms with Gasteiger partial charge in [-0.3, -0.25) is 9.10 Å². The van der Waals surface area contributed by atoms with Gasteiger partial charge >= 0.3 is 0 Å². The van der Waals surface area contributed by atoms with Crippen LogP contribution in [0.15, 0.2) is 59.5 Å². The highest BCUT2D eigenvalue weighted by atomic mass is 35.5. The van der Waals surface area contributed by atoms with Crippen molar-refractivity contribution in [3.63, 3.8) is 0 Å². The van der Waals surface area contributed by atoms with Gasteiger partial charge in [0.25, 0.3) is 10.0 Å². The van der Waals surface area contributed by atoms with Crippen LogP contribution in [0.2, 0.25) is 5.02 Å². The number of amides is 1. The van der Waals surface area contributed by atoms with Gasteiger partial charge in [-0.2, -0.15) is 0 Å². The summed E-state index contributed by atoms with van der Waals surface area (Å²) >= 11 is 6.25. The van der Waals surface area contributed by atoms with Crippen molar-refractivity contribution in [2.24, 2.45) is 0 Å². The summed E-state index contributed by atoms with van der Waals surface area (Å²) in [5.41, 5.74) is 0.293. The molecule has 5 nitrogen and oxygen atoms in total. The average Bonchev–Trinajstić information content (AvgIpc) is 2.68. The van der Waals surface area contributed by atoms with Crippen LogP contribution in [0.25, 0.3) is 0 Å². The summed E-state index contributed by atoms with van der Waals surface area (Å²) in [6, 6.07) is 14.8. The molecule has 1 amide bonds. The fourth-order valence-electron chi connectivity index (χ4n) is 3.32. The Morgan fingerprint density at radius 1 is 1.00 bits per heavy atom. The lowest BCUT2D eigenvalue weighted by molar-refractivity contribution is -0.120. The molecule has 0 heterocycles. The topological polar surface area (TPSA) is 66.5 Å². The van der Waals surface area contributed by atoms with Crippen LogP contribution in [0.3, 0.4) is 0 Å². The molecule has 0 saturated heterocycles. The molecular weight excluding hydrogens is 384 g/mol. The number of hydrogen-bond donors (Lipinski definition) is 1. The normalized spacial score (nSPS) is 15.3. The number of hydrogen-bond acceptors (Lipinski definition) is 3. The number of nitrogens with one attached hydrogen (secondary N) is 1. The zero-order valence-electron chi connectivity index (χ0n) is 15.0. The minimum Gasteiger partial charge on any atom is -0.352 e. The van der Waals surface area contributed by atoms with E-state index in [4.69, 9.17) is 11.6 Å². The molecule has 144 valence electrons. The second kappa shape index (κ2) is 8.76. The van der Waals surface area contributed by atoms with Crippen molar-refractivity contribution in [3.8, 4) is 0 Å². The SMILES string of the molecule is O=C(CN(c1ccccc1Cl)S(=O)(=O)c1ccccc1)NC1CCCCC1. The standard InChI is InChI=1S/C20H23ClN2O3S/c21-18-13-7-8-14-19(18)23(27(25,26)17-11-5-2-6-12-17)15-20(24)22-16-9-3-1-4-10-16/h2,5-8,11-14,16H,1,3-4,9-10,15H2,(H,22,24). The van der Waals surface area contributed by atoms with Crippen LogP contribution in [0.4, 0.5) is 5.69 Å². The van der Waals surface area contributed by atoms with E-state index in [-0.39, 0.29) is 28.4 Å². The fourth-order valence-corrected chi connectivity index (χ4v) is 5.07. The maximum atomic E-state index is 13.2. The number of anilines is 1. The summed E-state index contributed by atoms with van der Waals surface area (Å²) < 4.78 is 27.5. The van der Waals surface area contributed by atoms with Gasteiger partial charge in [0.05, 0.1) is 15.6 Å². The van der Waals surface area contributed by atoms with Crippen LogP contribution < -0.4 is 9.62 Å². The molecule has 0 spiro atoms. The first-order chi connectivity index (χ1) is 13.0. The minimum atomic E-state index is -3.92. The maximum absolute atomic E-state index is 13.2. The van der Waals surface area contributed by atoms with Crippen LogP contribution >= 0.6 is 11.6 Å². The van der Waals surface area contributed by atoms with E-state index in [0.29, 0.717) is 5.69 Å². The summed E-state index contributed by atoms with van der Waals surface area (Å²) in [4.78, 5) is 12.7. The Hall–Kier alpha value is -2.05. The van der Waals surface area contributed by atoms with Gasteiger partial charge in [0, 0.05) is 6.04 Å². The lowest BCUT2D eigenvalue weighted by Gasteiger charge is -2.27. The third-order valence-corrected chi connectivity index (χ3v) is 6.80. The summed E-state index contributed by atoms with van der Waals surface area (Å²) in [7, 11) is -3.92. The molecule has 7 heteroatoms. The van der Waals surface area contributed by atoms with Crippen LogP contribution in [0, 0.1) is 0 Å². The lowest BCUT2D eigenvalue weighted by Crippen LogP contribution is -2.45. The number of carbonyl (C=O) groups is 1. The third-order valence-electron chi connectivity index (χ3n) is 4.71. The van der Waals surface area contributed by atoms with Gasteiger partial charge in [0.15, 0.2) is 0 Å². The highest BCUT2D eigenvalue weighted by molar-refractivity contribution is 7.92.